The Morgan fingerprint density at radius 2 is 1.74 bits per heavy atom. The third kappa shape index (κ3) is 3.89. The molecule has 0 N–H and O–H groups in total. The molecule has 0 aliphatic rings. The number of hydrogen-bond acceptors (Lipinski definition) is 4. The molecule has 0 radical (unpaired) electrons. The zero-order chi connectivity index (χ0) is 18.6. The summed E-state index contributed by atoms with van der Waals surface area (Å²) in [6.45, 7) is 0.461. The number of benzene rings is 2. The Morgan fingerprint density at radius 3 is 2.56 bits per heavy atom. The van der Waals surface area contributed by atoms with Gasteiger partial charge in [-0.15, -0.1) is 0 Å². The Hall–Kier alpha value is -2.63. The van der Waals surface area contributed by atoms with Crippen LogP contribution in [0.4, 0.5) is 0 Å². The SMILES string of the molecule is O=c1c2cccnc2nc(SCc2ccccc2Cl)n1Cc1ccccc1. The van der Waals surface area contributed by atoms with Crippen LogP contribution in [0.1, 0.15) is 11.1 Å². The summed E-state index contributed by atoms with van der Waals surface area (Å²) in [4.78, 5) is 22.0. The second-order valence-corrected chi connectivity index (χ2v) is 7.38. The van der Waals surface area contributed by atoms with Gasteiger partial charge in [0.05, 0.1) is 11.9 Å². The summed E-state index contributed by atoms with van der Waals surface area (Å²) in [7, 11) is 0. The van der Waals surface area contributed by atoms with Crippen LogP contribution in [0.5, 0.6) is 0 Å². The van der Waals surface area contributed by atoms with Crippen molar-refractivity contribution in [3.05, 3.63) is 99.4 Å². The Morgan fingerprint density at radius 1 is 0.963 bits per heavy atom. The van der Waals surface area contributed by atoms with Crippen LogP contribution in [0.3, 0.4) is 0 Å². The smallest absolute Gasteiger partial charge is 0.263 e. The van der Waals surface area contributed by atoms with E-state index in [9.17, 15) is 4.79 Å². The highest BCUT2D eigenvalue weighted by molar-refractivity contribution is 7.98. The fourth-order valence-electron chi connectivity index (χ4n) is 2.81. The maximum Gasteiger partial charge on any atom is 0.263 e. The van der Waals surface area contributed by atoms with E-state index < -0.39 is 0 Å². The van der Waals surface area contributed by atoms with Crippen molar-refractivity contribution in [2.45, 2.75) is 17.5 Å². The lowest BCUT2D eigenvalue weighted by Crippen LogP contribution is -2.24. The van der Waals surface area contributed by atoms with E-state index in [1.165, 1.54) is 11.8 Å². The number of halogens is 1. The Labute approximate surface area is 165 Å². The van der Waals surface area contributed by atoms with Gasteiger partial charge in [-0.1, -0.05) is 71.9 Å². The highest BCUT2D eigenvalue weighted by atomic mass is 35.5. The average Bonchev–Trinajstić information content (AvgIpc) is 2.71. The quantitative estimate of drug-likeness (QED) is 0.361. The molecule has 0 bridgehead atoms. The van der Waals surface area contributed by atoms with Crippen molar-refractivity contribution in [2.24, 2.45) is 0 Å². The first kappa shape index (κ1) is 17.8. The summed E-state index contributed by atoms with van der Waals surface area (Å²) in [5.41, 5.74) is 2.43. The molecule has 0 aliphatic carbocycles. The number of nitrogens with zero attached hydrogens (tertiary/aromatic N) is 3. The summed E-state index contributed by atoms with van der Waals surface area (Å²) in [6, 6.07) is 21.1. The normalized spacial score (nSPS) is 11.0. The van der Waals surface area contributed by atoms with E-state index in [2.05, 4.69) is 9.97 Å². The summed E-state index contributed by atoms with van der Waals surface area (Å²) in [5.74, 6) is 0.624. The van der Waals surface area contributed by atoms with Gasteiger partial charge in [-0.05, 0) is 29.3 Å². The van der Waals surface area contributed by atoms with Crippen molar-refractivity contribution in [3.8, 4) is 0 Å². The summed E-state index contributed by atoms with van der Waals surface area (Å²) < 4.78 is 1.71. The van der Waals surface area contributed by atoms with Gasteiger partial charge < -0.3 is 0 Å². The van der Waals surface area contributed by atoms with Gasteiger partial charge >= 0.3 is 0 Å². The van der Waals surface area contributed by atoms with Crippen LogP contribution in [0.15, 0.2) is 82.9 Å². The first-order valence-corrected chi connectivity index (χ1v) is 9.84. The Bertz CT molecular complexity index is 1140. The highest BCUT2D eigenvalue weighted by Crippen LogP contribution is 2.26. The fraction of sp³-hybridized carbons (Fsp3) is 0.0952. The average molecular weight is 394 g/mol. The molecule has 4 rings (SSSR count). The summed E-state index contributed by atoms with van der Waals surface area (Å²) in [5, 5.41) is 1.87. The predicted octanol–water partition coefficient (Wildman–Crippen LogP) is 4.79. The molecule has 27 heavy (non-hydrogen) atoms. The molecule has 2 aromatic carbocycles. The minimum Gasteiger partial charge on any atom is -0.282 e. The molecule has 2 heterocycles. The Balaban J connectivity index is 1.76. The van der Waals surface area contributed by atoms with E-state index in [1.54, 1.807) is 22.9 Å². The number of hydrogen-bond donors (Lipinski definition) is 0. The lowest BCUT2D eigenvalue weighted by molar-refractivity contribution is 0.656. The van der Waals surface area contributed by atoms with Crippen molar-refractivity contribution >= 4 is 34.4 Å². The van der Waals surface area contributed by atoms with Crippen LogP contribution in [0.2, 0.25) is 5.02 Å². The van der Waals surface area contributed by atoms with Crippen LogP contribution in [0.25, 0.3) is 11.0 Å². The van der Waals surface area contributed by atoms with Crippen LogP contribution in [-0.2, 0) is 12.3 Å². The third-order valence-corrected chi connectivity index (χ3v) is 5.59. The molecule has 2 aromatic heterocycles. The van der Waals surface area contributed by atoms with Gasteiger partial charge in [0.2, 0.25) is 0 Å². The number of thioether (sulfide) groups is 1. The third-order valence-electron chi connectivity index (χ3n) is 4.19. The van der Waals surface area contributed by atoms with E-state index >= 15 is 0 Å². The van der Waals surface area contributed by atoms with Gasteiger partial charge in [-0.25, -0.2) is 9.97 Å². The zero-order valence-electron chi connectivity index (χ0n) is 14.4. The number of fused-ring (bicyclic) bond motifs is 1. The van der Waals surface area contributed by atoms with Crippen LogP contribution in [0, 0.1) is 0 Å². The van der Waals surface area contributed by atoms with Gasteiger partial charge in [0.1, 0.15) is 0 Å². The van der Waals surface area contributed by atoms with E-state index in [0.717, 1.165) is 11.1 Å². The van der Waals surface area contributed by atoms with E-state index in [-0.39, 0.29) is 5.56 Å². The number of pyridine rings is 1. The molecule has 6 heteroatoms. The molecule has 134 valence electrons. The van der Waals surface area contributed by atoms with E-state index in [0.29, 0.717) is 33.5 Å². The molecule has 0 amide bonds. The van der Waals surface area contributed by atoms with Crippen LogP contribution < -0.4 is 5.56 Å². The zero-order valence-corrected chi connectivity index (χ0v) is 16.0. The van der Waals surface area contributed by atoms with Gasteiger partial charge in [-0.3, -0.25) is 9.36 Å². The lowest BCUT2D eigenvalue weighted by Gasteiger charge is -2.13. The van der Waals surface area contributed by atoms with Crippen LogP contribution in [-0.4, -0.2) is 14.5 Å². The molecule has 0 unspecified atom stereocenters. The van der Waals surface area contributed by atoms with E-state index in [1.807, 2.05) is 54.6 Å². The van der Waals surface area contributed by atoms with Crippen molar-refractivity contribution in [1.29, 1.82) is 0 Å². The molecule has 4 aromatic rings. The first-order chi connectivity index (χ1) is 13.2. The van der Waals surface area contributed by atoms with Gasteiger partial charge in [0.15, 0.2) is 10.8 Å². The molecule has 4 nitrogen and oxygen atoms in total. The first-order valence-electron chi connectivity index (χ1n) is 8.48. The second kappa shape index (κ2) is 7.94. The largest absolute Gasteiger partial charge is 0.282 e. The topological polar surface area (TPSA) is 47.8 Å². The van der Waals surface area contributed by atoms with Crippen molar-refractivity contribution in [1.82, 2.24) is 14.5 Å². The highest BCUT2D eigenvalue weighted by Gasteiger charge is 2.13. The number of aromatic nitrogens is 3. The molecule has 0 spiro atoms. The van der Waals surface area contributed by atoms with Gasteiger partial charge in [0, 0.05) is 17.0 Å². The standard InChI is InChI=1S/C21H16ClN3OS/c22-18-11-5-4-9-16(18)14-27-21-24-19-17(10-6-12-23-19)20(26)25(21)13-15-7-2-1-3-8-15/h1-12H,13-14H2. The predicted molar refractivity (Wildman–Crippen MR) is 110 cm³/mol. The minimum absolute atomic E-state index is 0.0846. The molecule has 0 saturated heterocycles. The van der Waals surface area contributed by atoms with Crippen molar-refractivity contribution < 1.29 is 0 Å². The summed E-state index contributed by atoms with van der Waals surface area (Å²) >= 11 is 7.76. The molecule has 0 atom stereocenters. The minimum atomic E-state index is -0.0846. The Kier molecular flexibility index (Phi) is 5.23. The second-order valence-electron chi connectivity index (χ2n) is 6.03. The number of rotatable bonds is 5. The maximum atomic E-state index is 13.1. The molecule has 0 fully saturated rings. The fourth-order valence-corrected chi connectivity index (χ4v) is 4.08. The van der Waals surface area contributed by atoms with Crippen molar-refractivity contribution in [3.63, 3.8) is 0 Å². The van der Waals surface area contributed by atoms with Crippen LogP contribution >= 0.6 is 23.4 Å². The lowest BCUT2D eigenvalue weighted by atomic mass is 10.2. The monoisotopic (exact) mass is 393 g/mol. The summed E-state index contributed by atoms with van der Waals surface area (Å²) in [6.07, 6.45) is 1.65. The molecular weight excluding hydrogens is 378 g/mol. The van der Waals surface area contributed by atoms with Gasteiger partial charge in [0.25, 0.3) is 5.56 Å². The maximum absolute atomic E-state index is 13.1. The molecule has 0 aliphatic heterocycles. The van der Waals surface area contributed by atoms with Gasteiger partial charge in [-0.2, -0.15) is 0 Å². The molecule has 0 saturated carbocycles. The molecular formula is C21H16ClN3OS. The van der Waals surface area contributed by atoms with E-state index in [4.69, 9.17) is 11.6 Å². The van der Waals surface area contributed by atoms with Crippen molar-refractivity contribution in [2.75, 3.05) is 0 Å².